The Balaban J connectivity index is 0. The van der Waals surface area contributed by atoms with E-state index in [0.29, 0.717) is 6.42 Å². The highest BCUT2D eigenvalue weighted by molar-refractivity contribution is 5.74. The van der Waals surface area contributed by atoms with Gasteiger partial charge in [-0.2, -0.15) is 0 Å². The summed E-state index contributed by atoms with van der Waals surface area (Å²) in [7, 11) is 1.63. The van der Waals surface area contributed by atoms with Gasteiger partial charge >= 0.3 is 0 Å². The first-order valence-electron chi connectivity index (χ1n) is 3.72. The first kappa shape index (κ1) is 12.7. The average Bonchev–Trinajstić information content (AvgIpc) is 2.04. The molecule has 0 saturated carbocycles. The third-order valence-electron chi connectivity index (χ3n) is 1.05. The summed E-state index contributed by atoms with van der Waals surface area (Å²) in [5.41, 5.74) is 5.85. The Bertz CT molecular complexity index is 115. The lowest BCUT2D eigenvalue weighted by Crippen LogP contribution is -2.15. The number of nitrogens with two attached hydrogens (primary N) is 1. The number of amides is 1. The Morgan fingerprint density at radius 3 is 1.82 bits per heavy atom. The lowest BCUT2D eigenvalue weighted by atomic mass is 10.4. The van der Waals surface area contributed by atoms with Gasteiger partial charge in [0.05, 0.1) is 0 Å². The second-order valence-corrected chi connectivity index (χ2v) is 2.04. The molecule has 0 aromatic heterocycles. The minimum Gasteiger partial charge on any atom is -0.403 e. The van der Waals surface area contributed by atoms with Gasteiger partial charge in [0.1, 0.15) is 0 Å². The molecule has 0 aliphatic carbocycles. The molecule has 0 radical (unpaired) electrons. The molecule has 0 aliphatic heterocycles. The van der Waals surface area contributed by atoms with E-state index in [0.717, 1.165) is 12.1 Å². The molecule has 0 aromatic rings. The minimum absolute atomic E-state index is 0.0926. The maximum absolute atomic E-state index is 10.1. The summed E-state index contributed by atoms with van der Waals surface area (Å²) in [6, 6.07) is 0. The molecule has 0 aliphatic rings. The van der Waals surface area contributed by atoms with Crippen LogP contribution in [0.1, 0.15) is 26.7 Å². The standard InChI is InChI=1S/C4H9NO.C4H9N/c1-3-4(6)5-2;1-3-4(2)5/h3H2,1-2H3,(H,5,6);2-3,5H2,1H3. The van der Waals surface area contributed by atoms with Crippen molar-refractivity contribution in [3.63, 3.8) is 0 Å². The van der Waals surface area contributed by atoms with Gasteiger partial charge in [-0.3, -0.25) is 4.79 Å². The van der Waals surface area contributed by atoms with E-state index in [1.165, 1.54) is 0 Å². The van der Waals surface area contributed by atoms with Crippen molar-refractivity contribution in [3.05, 3.63) is 12.3 Å². The molecular weight excluding hydrogens is 140 g/mol. The molecule has 0 rings (SSSR count). The zero-order chi connectivity index (χ0) is 9.28. The highest BCUT2D eigenvalue weighted by atomic mass is 16.1. The largest absolute Gasteiger partial charge is 0.403 e. The van der Waals surface area contributed by atoms with Gasteiger partial charge in [0.2, 0.25) is 5.91 Å². The molecule has 0 saturated heterocycles. The van der Waals surface area contributed by atoms with E-state index >= 15 is 0 Å². The lowest BCUT2D eigenvalue weighted by Gasteiger charge is -1.87. The maximum atomic E-state index is 10.1. The molecule has 0 unspecified atom stereocenters. The minimum atomic E-state index is 0.0926. The van der Waals surface area contributed by atoms with E-state index in [1.54, 1.807) is 7.05 Å². The number of nitrogens with one attached hydrogen (secondary N) is 1. The van der Waals surface area contributed by atoms with Crippen LogP contribution in [0.25, 0.3) is 0 Å². The zero-order valence-corrected chi connectivity index (χ0v) is 7.61. The van der Waals surface area contributed by atoms with Gasteiger partial charge in [-0.1, -0.05) is 20.4 Å². The molecule has 0 spiro atoms. The molecule has 11 heavy (non-hydrogen) atoms. The second kappa shape index (κ2) is 9.01. The SMILES string of the molecule is C=C(N)CC.CCC(=O)NC. The topological polar surface area (TPSA) is 55.1 Å². The zero-order valence-electron chi connectivity index (χ0n) is 7.61. The van der Waals surface area contributed by atoms with E-state index in [9.17, 15) is 4.79 Å². The quantitative estimate of drug-likeness (QED) is 0.630. The molecule has 0 heterocycles. The fourth-order valence-electron chi connectivity index (χ4n) is 0.177. The molecule has 0 fully saturated rings. The molecular formula is C8H18N2O. The van der Waals surface area contributed by atoms with Crippen molar-refractivity contribution in [1.82, 2.24) is 5.32 Å². The molecule has 3 nitrogen and oxygen atoms in total. The predicted octanol–water partition coefficient (Wildman–Crippen LogP) is 1.01. The van der Waals surface area contributed by atoms with Gasteiger partial charge in [-0.05, 0) is 6.42 Å². The van der Waals surface area contributed by atoms with Gasteiger partial charge in [0, 0.05) is 19.2 Å². The number of carbonyl (C=O) groups excluding carboxylic acids is 1. The Labute approximate surface area is 68.7 Å². The third kappa shape index (κ3) is 17.6. The molecule has 3 heteroatoms. The highest BCUT2D eigenvalue weighted by Crippen LogP contribution is 1.79. The van der Waals surface area contributed by atoms with Crippen molar-refractivity contribution < 1.29 is 4.79 Å². The average molecular weight is 158 g/mol. The number of allylic oxidation sites excluding steroid dienone is 1. The van der Waals surface area contributed by atoms with Crippen LogP contribution in [0, 0.1) is 0 Å². The summed E-state index contributed by atoms with van der Waals surface area (Å²) in [5, 5.41) is 2.48. The smallest absolute Gasteiger partial charge is 0.219 e. The summed E-state index contributed by atoms with van der Waals surface area (Å²) in [5.74, 6) is 0.0926. The van der Waals surface area contributed by atoms with Crippen LogP contribution >= 0.6 is 0 Å². The fourth-order valence-corrected chi connectivity index (χ4v) is 0.177. The molecule has 0 aromatic carbocycles. The molecule has 0 atom stereocenters. The van der Waals surface area contributed by atoms with E-state index in [4.69, 9.17) is 5.73 Å². The van der Waals surface area contributed by atoms with E-state index in [2.05, 4.69) is 11.9 Å². The Morgan fingerprint density at radius 1 is 1.45 bits per heavy atom. The summed E-state index contributed by atoms with van der Waals surface area (Å²) in [6.45, 7) is 7.24. The maximum Gasteiger partial charge on any atom is 0.219 e. The summed E-state index contributed by atoms with van der Waals surface area (Å²) >= 11 is 0. The first-order valence-corrected chi connectivity index (χ1v) is 3.72. The van der Waals surface area contributed by atoms with Crippen LogP contribution in [0.5, 0.6) is 0 Å². The van der Waals surface area contributed by atoms with Crippen molar-refractivity contribution >= 4 is 5.91 Å². The van der Waals surface area contributed by atoms with E-state index in [1.807, 2.05) is 13.8 Å². The van der Waals surface area contributed by atoms with Crippen molar-refractivity contribution in [2.75, 3.05) is 7.05 Å². The number of hydrogen-bond donors (Lipinski definition) is 2. The highest BCUT2D eigenvalue weighted by Gasteiger charge is 1.84. The summed E-state index contributed by atoms with van der Waals surface area (Å²) < 4.78 is 0. The molecule has 0 bridgehead atoms. The van der Waals surface area contributed by atoms with Crippen LogP contribution in [0.2, 0.25) is 0 Å². The third-order valence-corrected chi connectivity index (χ3v) is 1.05. The van der Waals surface area contributed by atoms with Gasteiger partial charge in [0.25, 0.3) is 0 Å². The van der Waals surface area contributed by atoms with Crippen LogP contribution in [0.15, 0.2) is 12.3 Å². The van der Waals surface area contributed by atoms with Crippen molar-refractivity contribution in [1.29, 1.82) is 0 Å². The molecule has 1 amide bonds. The van der Waals surface area contributed by atoms with Gasteiger partial charge < -0.3 is 11.1 Å². The van der Waals surface area contributed by atoms with Crippen LogP contribution < -0.4 is 11.1 Å². The van der Waals surface area contributed by atoms with Crippen molar-refractivity contribution in [2.24, 2.45) is 5.73 Å². The Kier molecular flexibility index (Phi) is 10.4. The number of carbonyl (C=O) groups is 1. The monoisotopic (exact) mass is 158 g/mol. The van der Waals surface area contributed by atoms with E-state index in [-0.39, 0.29) is 5.91 Å². The Hall–Kier alpha value is -0.990. The van der Waals surface area contributed by atoms with Crippen LogP contribution in [0.3, 0.4) is 0 Å². The summed E-state index contributed by atoms with van der Waals surface area (Å²) in [6.07, 6.45) is 1.47. The second-order valence-electron chi connectivity index (χ2n) is 2.04. The number of hydrogen-bond acceptors (Lipinski definition) is 2. The molecule has 66 valence electrons. The lowest BCUT2D eigenvalue weighted by molar-refractivity contribution is -0.120. The summed E-state index contributed by atoms with van der Waals surface area (Å²) in [4.78, 5) is 10.1. The predicted molar refractivity (Wildman–Crippen MR) is 48.0 cm³/mol. The van der Waals surface area contributed by atoms with Gasteiger partial charge in [0.15, 0.2) is 0 Å². The molecule has 3 N–H and O–H groups in total. The number of rotatable bonds is 2. The first-order chi connectivity index (χ1) is 5.08. The van der Waals surface area contributed by atoms with Gasteiger partial charge in [-0.15, -0.1) is 0 Å². The van der Waals surface area contributed by atoms with Crippen LogP contribution in [-0.4, -0.2) is 13.0 Å². The normalized spacial score (nSPS) is 7.55. The van der Waals surface area contributed by atoms with E-state index < -0.39 is 0 Å². The fraction of sp³-hybridized carbons (Fsp3) is 0.625. The van der Waals surface area contributed by atoms with Crippen LogP contribution in [0.4, 0.5) is 0 Å². The van der Waals surface area contributed by atoms with Gasteiger partial charge in [-0.25, -0.2) is 0 Å². The van der Waals surface area contributed by atoms with Crippen LogP contribution in [-0.2, 0) is 4.79 Å². The Morgan fingerprint density at radius 2 is 1.82 bits per heavy atom. The van der Waals surface area contributed by atoms with Crippen molar-refractivity contribution in [3.8, 4) is 0 Å². The van der Waals surface area contributed by atoms with Crippen molar-refractivity contribution in [2.45, 2.75) is 26.7 Å².